The third-order valence-corrected chi connectivity index (χ3v) is 10.3. The summed E-state index contributed by atoms with van der Waals surface area (Å²) in [4.78, 5) is 32.7. The van der Waals surface area contributed by atoms with E-state index in [9.17, 15) is 23.3 Å². The molecule has 0 bridgehead atoms. The van der Waals surface area contributed by atoms with Crippen molar-refractivity contribution in [3.8, 4) is 11.8 Å². The summed E-state index contributed by atoms with van der Waals surface area (Å²) in [5.74, 6) is -0.0719. The van der Waals surface area contributed by atoms with Gasteiger partial charge in [0.15, 0.2) is 6.61 Å². The Morgan fingerprint density at radius 1 is 1.00 bits per heavy atom. The summed E-state index contributed by atoms with van der Waals surface area (Å²) in [6, 6.07) is 4.49. The van der Waals surface area contributed by atoms with Gasteiger partial charge in [-0.1, -0.05) is 23.2 Å². The zero-order valence-electron chi connectivity index (χ0n) is 22.7. The standard InChI is InChI=1S/C26H36Cl2N6O5S/c1-20(35)32-8-6-30(7-9-32)12-13-40(37,38)33-10-11-34(22(18-33)17-31-4-2-3-5-31)26(36)19-39-25-15-24(28)23(27)14-21(25)16-29/h14-15,22H,2-13,17-19H2,1H3/t22-/m0/s1. The van der Waals surface area contributed by atoms with Gasteiger partial charge in [0.05, 0.1) is 27.4 Å². The second kappa shape index (κ2) is 13.7. The van der Waals surface area contributed by atoms with Gasteiger partial charge in [0.1, 0.15) is 11.8 Å². The van der Waals surface area contributed by atoms with Crippen LogP contribution in [0, 0.1) is 11.3 Å². The average molecular weight is 616 g/mol. The highest BCUT2D eigenvalue weighted by Crippen LogP contribution is 2.30. The van der Waals surface area contributed by atoms with Crippen LogP contribution in [0.4, 0.5) is 0 Å². The Labute approximate surface area is 246 Å². The lowest BCUT2D eigenvalue weighted by Gasteiger charge is -2.42. The van der Waals surface area contributed by atoms with Gasteiger partial charge in [0.2, 0.25) is 15.9 Å². The normalized spacial score (nSPS) is 21.4. The number of carbonyl (C=O) groups excluding carboxylic acids is 2. The summed E-state index contributed by atoms with van der Waals surface area (Å²) in [6.07, 6.45) is 2.16. The van der Waals surface area contributed by atoms with Crippen molar-refractivity contribution in [2.45, 2.75) is 25.8 Å². The maximum atomic E-state index is 13.3. The third kappa shape index (κ3) is 7.78. The molecule has 0 N–H and O–H groups in total. The monoisotopic (exact) mass is 614 g/mol. The second-order valence-corrected chi connectivity index (χ2v) is 13.3. The van der Waals surface area contributed by atoms with Crippen LogP contribution in [0.25, 0.3) is 0 Å². The summed E-state index contributed by atoms with van der Waals surface area (Å²) in [6.45, 7) is 7.27. The number of likely N-dealkylation sites (tertiary alicyclic amines) is 1. The highest BCUT2D eigenvalue weighted by atomic mass is 35.5. The number of sulfonamides is 1. The quantitative estimate of drug-likeness (QED) is 0.409. The SMILES string of the molecule is CC(=O)N1CCN(CCS(=O)(=O)N2CCN(C(=O)COc3cc(Cl)c(Cl)cc3C#N)[C@@H](CN3CCCC3)C2)CC1. The van der Waals surface area contributed by atoms with E-state index in [0.29, 0.717) is 39.3 Å². The molecule has 3 aliphatic rings. The summed E-state index contributed by atoms with van der Waals surface area (Å²) in [5, 5.41) is 9.84. The number of piperazine rings is 2. The molecule has 3 fully saturated rings. The van der Waals surface area contributed by atoms with Crippen LogP contribution in [0.1, 0.15) is 25.3 Å². The molecule has 0 aromatic heterocycles. The molecule has 4 rings (SSSR count). The first-order valence-corrected chi connectivity index (χ1v) is 15.9. The van der Waals surface area contributed by atoms with Gasteiger partial charge in [-0.05, 0) is 32.0 Å². The zero-order valence-corrected chi connectivity index (χ0v) is 25.1. The second-order valence-electron chi connectivity index (χ2n) is 10.4. The predicted molar refractivity (Wildman–Crippen MR) is 152 cm³/mol. The summed E-state index contributed by atoms with van der Waals surface area (Å²) >= 11 is 12.1. The van der Waals surface area contributed by atoms with Gasteiger partial charge in [-0.15, -0.1) is 0 Å². The largest absolute Gasteiger partial charge is 0.482 e. The lowest BCUT2D eigenvalue weighted by Crippen LogP contribution is -2.60. The number of amides is 2. The molecular formula is C26H36Cl2N6O5S. The lowest BCUT2D eigenvalue weighted by atomic mass is 10.1. The van der Waals surface area contributed by atoms with E-state index < -0.39 is 10.0 Å². The highest BCUT2D eigenvalue weighted by molar-refractivity contribution is 7.89. The molecule has 0 spiro atoms. The molecule has 1 aromatic rings. The molecule has 11 nitrogen and oxygen atoms in total. The van der Waals surface area contributed by atoms with Crippen LogP contribution in [-0.4, -0.2) is 135 Å². The third-order valence-electron chi connectivity index (χ3n) is 7.80. The first kappa shape index (κ1) is 30.8. The number of benzene rings is 1. The van der Waals surface area contributed by atoms with Crippen LogP contribution in [0.5, 0.6) is 5.75 Å². The molecule has 0 aliphatic carbocycles. The molecule has 3 heterocycles. The fourth-order valence-electron chi connectivity index (χ4n) is 5.44. The molecule has 1 atom stereocenters. The minimum absolute atomic E-state index is 0.00513. The number of rotatable bonds is 9. The van der Waals surface area contributed by atoms with Crippen molar-refractivity contribution in [1.29, 1.82) is 5.26 Å². The Bertz CT molecular complexity index is 1230. The van der Waals surface area contributed by atoms with E-state index in [4.69, 9.17) is 27.9 Å². The van der Waals surface area contributed by atoms with E-state index in [0.717, 1.165) is 25.9 Å². The Morgan fingerprint density at radius 3 is 2.33 bits per heavy atom. The Hall–Kier alpha value is -2.14. The van der Waals surface area contributed by atoms with E-state index in [2.05, 4.69) is 9.80 Å². The maximum absolute atomic E-state index is 13.3. The minimum Gasteiger partial charge on any atom is -0.482 e. The van der Waals surface area contributed by atoms with Gasteiger partial charge < -0.3 is 19.4 Å². The molecule has 220 valence electrons. The van der Waals surface area contributed by atoms with Gasteiger partial charge in [-0.3, -0.25) is 14.5 Å². The number of nitriles is 1. The highest BCUT2D eigenvalue weighted by Gasteiger charge is 2.37. The summed E-state index contributed by atoms with van der Waals surface area (Å²) in [7, 11) is -3.54. The van der Waals surface area contributed by atoms with Gasteiger partial charge in [0, 0.05) is 71.9 Å². The topological polar surface area (TPSA) is 118 Å². The number of halogens is 2. The first-order chi connectivity index (χ1) is 19.1. The van der Waals surface area contributed by atoms with Gasteiger partial charge in [-0.2, -0.15) is 9.57 Å². The van der Waals surface area contributed by atoms with Crippen LogP contribution in [0.2, 0.25) is 10.0 Å². The number of ether oxygens (including phenoxy) is 1. The Balaban J connectivity index is 1.38. The average Bonchev–Trinajstić information content (AvgIpc) is 3.45. The van der Waals surface area contributed by atoms with Crippen molar-refractivity contribution < 1.29 is 22.7 Å². The van der Waals surface area contributed by atoms with Gasteiger partial charge in [-0.25, -0.2) is 8.42 Å². The smallest absolute Gasteiger partial charge is 0.260 e. The van der Waals surface area contributed by atoms with E-state index in [-0.39, 0.29) is 71.2 Å². The van der Waals surface area contributed by atoms with Crippen LogP contribution in [0.3, 0.4) is 0 Å². The van der Waals surface area contributed by atoms with Gasteiger partial charge >= 0.3 is 0 Å². The molecule has 14 heteroatoms. The van der Waals surface area contributed by atoms with Crippen molar-refractivity contribution in [2.75, 3.05) is 84.4 Å². The molecule has 3 saturated heterocycles. The fraction of sp³-hybridized carbons (Fsp3) is 0.654. The van der Waals surface area contributed by atoms with Crippen molar-refractivity contribution in [3.05, 3.63) is 27.7 Å². The molecule has 0 radical (unpaired) electrons. The lowest BCUT2D eigenvalue weighted by molar-refractivity contribution is -0.138. The van der Waals surface area contributed by atoms with Crippen molar-refractivity contribution >= 4 is 45.0 Å². The first-order valence-electron chi connectivity index (χ1n) is 13.6. The molecule has 0 saturated carbocycles. The molecule has 2 amide bonds. The van der Waals surface area contributed by atoms with E-state index >= 15 is 0 Å². The minimum atomic E-state index is -3.54. The van der Waals surface area contributed by atoms with Crippen molar-refractivity contribution in [2.24, 2.45) is 0 Å². The van der Waals surface area contributed by atoms with Crippen molar-refractivity contribution in [1.82, 2.24) is 23.9 Å². The molecular weight excluding hydrogens is 579 g/mol. The summed E-state index contributed by atoms with van der Waals surface area (Å²) in [5.41, 5.74) is 0.175. The molecule has 40 heavy (non-hydrogen) atoms. The van der Waals surface area contributed by atoms with Crippen LogP contribution in [0.15, 0.2) is 12.1 Å². The van der Waals surface area contributed by atoms with E-state index in [1.54, 1.807) is 16.7 Å². The Morgan fingerprint density at radius 2 is 1.68 bits per heavy atom. The predicted octanol–water partition coefficient (Wildman–Crippen LogP) is 1.35. The van der Waals surface area contributed by atoms with Crippen LogP contribution in [-0.2, 0) is 19.6 Å². The zero-order chi connectivity index (χ0) is 28.9. The number of carbonyl (C=O) groups is 2. The van der Waals surface area contributed by atoms with Gasteiger partial charge in [0.25, 0.3) is 5.91 Å². The Kier molecular flexibility index (Phi) is 10.5. The molecule has 0 unspecified atom stereocenters. The van der Waals surface area contributed by atoms with E-state index in [1.165, 1.54) is 16.4 Å². The number of nitrogens with zero attached hydrogens (tertiary/aromatic N) is 6. The molecule has 3 aliphatic heterocycles. The fourth-order valence-corrected chi connectivity index (χ4v) is 7.27. The molecule has 1 aromatic carbocycles. The van der Waals surface area contributed by atoms with E-state index in [1.807, 2.05) is 6.07 Å². The van der Waals surface area contributed by atoms with Crippen LogP contribution < -0.4 is 4.74 Å². The number of hydrogen-bond donors (Lipinski definition) is 0. The number of hydrogen-bond acceptors (Lipinski definition) is 8. The summed E-state index contributed by atoms with van der Waals surface area (Å²) < 4.78 is 33.9. The van der Waals surface area contributed by atoms with Crippen molar-refractivity contribution in [3.63, 3.8) is 0 Å². The maximum Gasteiger partial charge on any atom is 0.260 e. The van der Waals surface area contributed by atoms with Crippen LogP contribution >= 0.6 is 23.2 Å².